The summed E-state index contributed by atoms with van der Waals surface area (Å²) in [6, 6.07) is 9.15. The van der Waals surface area contributed by atoms with Gasteiger partial charge in [-0.05, 0) is 65.6 Å². The zero-order valence-electron chi connectivity index (χ0n) is 10.2. The molecule has 0 bridgehead atoms. The van der Waals surface area contributed by atoms with Crippen LogP contribution in [0.15, 0.2) is 28.7 Å². The molecule has 3 rings (SSSR count). The zero-order valence-corrected chi connectivity index (χ0v) is 11.7. The first kappa shape index (κ1) is 11.6. The van der Waals surface area contributed by atoms with Gasteiger partial charge >= 0.3 is 0 Å². The zero-order chi connectivity index (χ0) is 11.7. The molecule has 1 nitrogen and oxygen atoms in total. The second-order valence-corrected chi connectivity index (χ2v) is 6.44. The molecule has 0 aromatic heterocycles. The van der Waals surface area contributed by atoms with Gasteiger partial charge in [-0.25, -0.2) is 0 Å². The molecule has 2 atom stereocenters. The predicted molar refractivity (Wildman–Crippen MR) is 76.2 cm³/mol. The van der Waals surface area contributed by atoms with Gasteiger partial charge in [-0.1, -0.05) is 25.0 Å². The van der Waals surface area contributed by atoms with Crippen LogP contribution < -0.4 is 5.32 Å². The number of nitrogens with one attached hydrogen (secondary N) is 1. The van der Waals surface area contributed by atoms with E-state index in [0.29, 0.717) is 6.04 Å². The van der Waals surface area contributed by atoms with Crippen molar-refractivity contribution in [2.75, 3.05) is 5.32 Å². The summed E-state index contributed by atoms with van der Waals surface area (Å²) >= 11 is 3.62. The van der Waals surface area contributed by atoms with Gasteiger partial charge in [0, 0.05) is 16.2 Å². The maximum Gasteiger partial charge on any atom is 0.0486 e. The van der Waals surface area contributed by atoms with Crippen LogP contribution in [0.5, 0.6) is 0 Å². The highest BCUT2D eigenvalue weighted by Gasteiger charge is 2.34. The second kappa shape index (κ2) is 5.01. The van der Waals surface area contributed by atoms with Crippen LogP contribution in [0, 0.1) is 11.8 Å². The summed E-state index contributed by atoms with van der Waals surface area (Å²) in [5.41, 5.74) is 1.26. The van der Waals surface area contributed by atoms with Crippen LogP contribution in [0.4, 0.5) is 5.69 Å². The van der Waals surface area contributed by atoms with Gasteiger partial charge in [0.15, 0.2) is 0 Å². The van der Waals surface area contributed by atoms with Gasteiger partial charge in [0.1, 0.15) is 0 Å². The van der Waals surface area contributed by atoms with Crippen LogP contribution in [0.3, 0.4) is 0 Å². The van der Waals surface area contributed by atoms with Crippen molar-refractivity contribution in [3.05, 3.63) is 28.7 Å². The molecule has 0 spiro atoms. The van der Waals surface area contributed by atoms with E-state index in [0.717, 1.165) is 11.8 Å². The van der Waals surface area contributed by atoms with E-state index >= 15 is 0 Å². The fourth-order valence-electron chi connectivity index (χ4n) is 3.15. The van der Waals surface area contributed by atoms with E-state index in [4.69, 9.17) is 0 Å². The molecule has 2 aliphatic rings. The van der Waals surface area contributed by atoms with E-state index in [1.54, 1.807) is 0 Å². The smallest absolute Gasteiger partial charge is 0.0486 e. The Kier molecular flexibility index (Phi) is 3.41. The maximum atomic E-state index is 3.71. The van der Waals surface area contributed by atoms with Crippen molar-refractivity contribution in [1.29, 1.82) is 0 Å². The van der Waals surface area contributed by atoms with Gasteiger partial charge in [0.2, 0.25) is 0 Å². The lowest BCUT2D eigenvalue weighted by molar-refractivity contribution is 0.303. The summed E-state index contributed by atoms with van der Waals surface area (Å²) in [5, 5.41) is 3.71. The Balaban J connectivity index is 1.62. The first-order chi connectivity index (χ1) is 8.33. The first-order valence-electron chi connectivity index (χ1n) is 6.84. The lowest BCUT2D eigenvalue weighted by Gasteiger charge is -2.30. The topological polar surface area (TPSA) is 12.0 Å². The van der Waals surface area contributed by atoms with Gasteiger partial charge in [-0.3, -0.25) is 0 Å². The molecule has 0 saturated heterocycles. The van der Waals surface area contributed by atoms with Crippen LogP contribution in [0.1, 0.15) is 38.5 Å². The van der Waals surface area contributed by atoms with Crippen molar-refractivity contribution in [2.45, 2.75) is 44.6 Å². The SMILES string of the molecule is Brc1ccccc1NC1CCCC(C2CC2)C1. The minimum Gasteiger partial charge on any atom is -0.381 e. The summed E-state index contributed by atoms with van der Waals surface area (Å²) in [4.78, 5) is 0. The maximum absolute atomic E-state index is 3.71. The molecule has 2 unspecified atom stereocenters. The van der Waals surface area contributed by atoms with Crippen LogP contribution >= 0.6 is 15.9 Å². The van der Waals surface area contributed by atoms with Crippen molar-refractivity contribution < 1.29 is 0 Å². The minimum absolute atomic E-state index is 0.688. The lowest BCUT2D eigenvalue weighted by Crippen LogP contribution is -2.28. The first-order valence-corrected chi connectivity index (χ1v) is 7.63. The lowest BCUT2D eigenvalue weighted by atomic mass is 9.82. The minimum atomic E-state index is 0.688. The number of rotatable bonds is 3. The average molecular weight is 294 g/mol. The Morgan fingerprint density at radius 1 is 1.00 bits per heavy atom. The molecule has 1 N–H and O–H groups in total. The van der Waals surface area contributed by atoms with E-state index < -0.39 is 0 Å². The standard InChI is InChI=1S/C15H20BrN/c16-14-6-1-2-7-15(14)17-13-5-3-4-12(10-13)11-8-9-11/h1-2,6-7,11-13,17H,3-5,8-10H2. The highest BCUT2D eigenvalue weighted by molar-refractivity contribution is 9.10. The van der Waals surface area contributed by atoms with Crippen molar-refractivity contribution >= 4 is 21.6 Å². The molecular formula is C15H20BrN. The number of hydrogen-bond acceptors (Lipinski definition) is 1. The fraction of sp³-hybridized carbons (Fsp3) is 0.600. The Morgan fingerprint density at radius 3 is 2.59 bits per heavy atom. The predicted octanol–water partition coefficient (Wildman–Crippen LogP) is 4.83. The van der Waals surface area contributed by atoms with Gasteiger partial charge in [0.05, 0.1) is 0 Å². The highest BCUT2D eigenvalue weighted by Crippen LogP contribution is 2.44. The monoisotopic (exact) mass is 293 g/mol. The van der Waals surface area contributed by atoms with E-state index in [9.17, 15) is 0 Å². The van der Waals surface area contributed by atoms with E-state index in [1.165, 1.54) is 48.7 Å². The molecule has 0 heterocycles. The van der Waals surface area contributed by atoms with Crippen LogP contribution in [-0.2, 0) is 0 Å². The third kappa shape index (κ3) is 2.85. The second-order valence-electron chi connectivity index (χ2n) is 5.59. The molecule has 0 amide bonds. The molecule has 2 aliphatic carbocycles. The normalized spacial score (nSPS) is 29.0. The molecule has 2 heteroatoms. The summed E-state index contributed by atoms with van der Waals surface area (Å²) in [6.45, 7) is 0. The Hall–Kier alpha value is -0.500. The highest BCUT2D eigenvalue weighted by atomic mass is 79.9. The Labute approximate surface area is 112 Å². The van der Waals surface area contributed by atoms with Gasteiger partial charge in [0.25, 0.3) is 0 Å². The number of para-hydroxylation sites is 1. The van der Waals surface area contributed by atoms with Gasteiger partial charge in [-0.2, -0.15) is 0 Å². The van der Waals surface area contributed by atoms with Crippen molar-refractivity contribution in [3.8, 4) is 0 Å². The Bertz CT molecular complexity index is 386. The third-order valence-corrected chi connectivity index (χ3v) is 4.93. The van der Waals surface area contributed by atoms with Crippen LogP contribution in [0.2, 0.25) is 0 Å². The average Bonchev–Trinajstić information content (AvgIpc) is 3.17. The quantitative estimate of drug-likeness (QED) is 0.842. The summed E-state index contributed by atoms with van der Waals surface area (Å²) in [7, 11) is 0. The van der Waals surface area contributed by atoms with Crippen molar-refractivity contribution in [3.63, 3.8) is 0 Å². The van der Waals surface area contributed by atoms with Gasteiger partial charge in [-0.15, -0.1) is 0 Å². The molecule has 92 valence electrons. The molecule has 2 fully saturated rings. The van der Waals surface area contributed by atoms with Crippen molar-refractivity contribution in [2.24, 2.45) is 11.8 Å². The molecule has 1 aromatic carbocycles. The van der Waals surface area contributed by atoms with E-state index in [-0.39, 0.29) is 0 Å². The fourth-order valence-corrected chi connectivity index (χ4v) is 3.55. The molecule has 0 radical (unpaired) electrons. The molecule has 2 saturated carbocycles. The number of anilines is 1. The van der Waals surface area contributed by atoms with Gasteiger partial charge < -0.3 is 5.32 Å². The summed E-state index contributed by atoms with van der Waals surface area (Å²) in [5.74, 6) is 2.07. The largest absolute Gasteiger partial charge is 0.381 e. The molecule has 17 heavy (non-hydrogen) atoms. The third-order valence-electron chi connectivity index (χ3n) is 4.24. The molecule has 1 aromatic rings. The molecule has 0 aliphatic heterocycles. The number of benzene rings is 1. The summed E-state index contributed by atoms with van der Waals surface area (Å²) in [6.07, 6.45) is 8.58. The number of hydrogen-bond donors (Lipinski definition) is 1. The van der Waals surface area contributed by atoms with E-state index in [2.05, 4.69) is 45.5 Å². The van der Waals surface area contributed by atoms with Crippen LogP contribution in [-0.4, -0.2) is 6.04 Å². The summed E-state index contributed by atoms with van der Waals surface area (Å²) < 4.78 is 1.19. The van der Waals surface area contributed by atoms with E-state index in [1.807, 2.05) is 0 Å². The Morgan fingerprint density at radius 2 is 1.82 bits per heavy atom. The molecular weight excluding hydrogens is 274 g/mol. The van der Waals surface area contributed by atoms with Crippen LogP contribution in [0.25, 0.3) is 0 Å². The van der Waals surface area contributed by atoms with Crippen molar-refractivity contribution in [1.82, 2.24) is 0 Å². The number of halogens is 1.